The number of hydrogen-bond donors (Lipinski definition) is 0. The Kier molecular flexibility index (Phi) is 3.93. The molecule has 0 radical (unpaired) electrons. The third-order valence-corrected chi connectivity index (χ3v) is 6.91. The van der Waals surface area contributed by atoms with Crippen molar-refractivity contribution in [3.8, 4) is 0 Å². The molecule has 130 valence electrons. The van der Waals surface area contributed by atoms with E-state index < -0.39 is 5.41 Å². The summed E-state index contributed by atoms with van der Waals surface area (Å²) in [6.45, 7) is 6.56. The summed E-state index contributed by atoms with van der Waals surface area (Å²) in [5.74, 6) is 0.298. The quantitative estimate of drug-likeness (QED) is 0.674. The summed E-state index contributed by atoms with van der Waals surface area (Å²) in [5.41, 5.74) is 6.10. The first kappa shape index (κ1) is 17.0. The number of allylic oxidation sites excluding steroid dienone is 2. The van der Waals surface area contributed by atoms with Crippen LogP contribution in [0.3, 0.4) is 0 Å². The number of hydrogen-bond acceptors (Lipinski definition) is 3. The summed E-state index contributed by atoms with van der Waals surface area (Å²) in [6, 6.07) is 8.02. The second kappa shape index (κ2) is 5.78. The molecule has 4 rings (SSSR count). The Morgan fingerprint density at radius 2 is 2.08 bits per heavy atom. The normalized spacial score (nSPS) is 24.9. The molecule has 1 atom stereocenters. The number of thiazole rings is 1. The summed E-state index contributed by atoms with van der Waals surface area (Å²) in [5, 5.41) is 0.715. The minimum absolute atomic E-state index is 0.0251. The Morgan fingerprint density at radius 1 is 1.28 bits per heavy atom. The number of benzene rings is 1. The minimum atomic E-state index is -0.400. The van der Waals surface area contributed by atoms with Crippen molar-refractivity contribution in [1.82, 2.24) is 4.98 Å². The van der Waals surface area contributed by atoms with E-state index in [0.717, 1.165) is 36.1 Å². The number of halogens is 1. The third-order valence-electron chi connectivity index (χ3n) is 5.65. The van der Waals surface area contributed by atoms with E-state index in [2.05, 4.69) is 31.8 Å². The molecule has 0 saturated heterocycles. The molecule has 0 aliphatic heterocycles. The van der Waals surface area contributed by atoms with Gasteiger partial charge in [-0.25, -0.2) is 4.98 Å². The van der Waals surface area contributed by atoms with Crippen LogP contribution in [-0.2, 0) is 16.6 Å². The lowest BCUT2D eigenvalue weighted by atomic mass is 9.59. The predicted octanol–water partition coefficient (Wildman–Crippen LogP) is 5.73. The van der Waals surface area contributed by atoms with E-state index in [1.807, 2.05) is 23.7 Å². The van der Waals surface area contributed by atoms with Crippen molar-refractivity contribution in [1.29, 1.82) is 0 Å². The lowest BCUT2D eigenvalue weighted by molar-refractivity contribution is -0.118. The number of Topliss-reactive ketones (excluding diaryl/α,β-unsaturated/α-hetero) is 1. The number of aromatic nitrogens is 1. The number of carbonyl (C=O) groups is 1. The topological polar surface area (TPSA) is 30.0 Å². The number of fused-ring (bicyclic) bond motifs is 1. The summed E-state index contributed by atoms with van der Waals surface area (Å²) < 4.78 is 0. The predicted molar refractivity (Wildman–Crippen MR) is 103 cm³/mol. The van der Waals surface area contributed by atoms with Crippen molar-refractivity contribution in [3.63, 3.8) is 0 Å². The van der Waals surface area contributed by atoms with Gasteiger partial charge < -0.3 is 0 Å². The Balaban J connectivity index is 2.04. The van der Waals surface area contributed by atoms with E-state index in [1.165, 1.54) is 10.5 Å². The molecule has 0 spiro atoms. The zero-order chi connectivity index (χ0) is 17.8. The zero-order valence-electron chi connectivity index (χ0n) is 14.9. The van der Waals surface area contributed by atoms with Crippen molar-refractivity contribution in [2.75, 3.05) is 0 Å². The fraction of sp³-hybridized carbons (Fsp3) is 0.429. The van der Waals surface area contributed by atoms with Gasteiger partial charge in [0.2, 0.25) is 0 Å². The monoisotopic (exact) mass is 371 g/mol. The molecule has 2 nitrogen and oxygen atoms in total. The largest absolute Gasteiger partial charge is 0.294 e. The van der Waals surface area contributed by atoms with Gasteiger partial charge in [-0.05, 0) is 36.0 Å². The number of carbonyl (C=O) groups excluding carboxylic acids is 1. The molecule has 1 heterocycles. The van der Waals surface area contributed by atoms with Crippen molar-refractivity contribution in [2.45, 2.75) is 51.9 Å². The van der Waals surface area contributed by atoms with Crippen LogP contribution in [0.25, 0.3) is 0 Å². The molecule has 1 aromatic carbocycles. The van der Waals surface area contributed by atoms with E-state index in [-0.39, 0.29) is 5.41 Å². The van der Waals surface area contributed by atoms with Gasteiger partial charge in [-0.1, -0.05) is 50.1 Å². The summed E-state index contributed by atoms with van der Waals surface area (Å²) in [4.78, 5) is 19.2. The maximum Gasteiger partial charge on any atom is 0.160 e. The van der Waals surface area contributed by atoms with Crippen molar-refractivity contribution < 1.29 is 4.79 Å². The van der Waals surface area contributed by atoms with E-state index in [0.29, 0.717) is 17.2 Å². The fourth-order valence-electron chi connectivity index (χ4n) is 4.77. The molecule has 2 aliphatic rings. The summed E-state index contributed by atoms with van der Waals surface area (Å²) >= 11 is 8.00. The van der Waals surface area contributed by atoms with Gasteiger partial charge in [0.1, 0.15) is 0 Å². The maximum atomic E-state index is 13.3. The van der Waals surface area contributed by atoms with Crippen LogP contribution >= 0.6 is 22.9 Å². The van der Waals surface area contributed by atoms with Gasteiger partial charge in [-0.15, -0.1) is 11.3 Å². The van der Waals surface area contributed by atoms with Gasteiger partial charge in [-0.3, -0.25) is 4.79 Å². The summed E-state index contributed by atoms with van der Waals surface area (Å²) in [7, 11) is 0. The molecule has 0 bridgehead atoms. The molecule has 4 heteroatoms. The Hall–Kier alpha value is -1.45. The van der Waals surface area contributed by atoms with Crippen LogP contribution in [0.15, 0.2) is 40.9 Å². The van der Waals surface area contributed by atoms with Gasteiger partial charge in [0.25, 0.3) is 0 Å². The highest BCUT2D eigenvalue weighted by molar-refractivity contribution is 7.10. The molecule has 2 aromatic rings. The highest BCUT2D eigenvalue weighted by atomic mass is 35.5. The summed E-state index contributed by atoms with van der Waals surface area (Å²) in [6.07, 6.45) is 3.23. The van der Waals surface area contributed by atoms with Crippen LogP contribution in [0.5, 0.6) is 0 Å². The average molecular weight is 372 g/mol. The lowest BCUT2D eigenvalue weighted by Crippen LogP contribution is -2.42. The number of nitrogens with zero attached hydrogens (tertiary/aromatic N) is 1. The van der Waals surface area contributed by atoms with E-state index >= 15 is 0 Å². The first-order valence-electron chi connectivity index (χ1n) is 8.82. The highest BCUT2D eigenvalue weighted by Crippen LogP contribution is 2.55. The smallest absolute Gasteiger partial charge is 0.160 e. The third kappa shape index (κ3) is 2.51. The minimum Gasteiger partial charge on any atom is -0.294 e. The second-order valence-electron chi connectivity index (χ2n) is 7.99. The average Bonchev–Trinajstić information content (AvgIpc) is 3.00. The Morgan fingerprint density at radius 3 is 2.80 bits per heavy atom. The van der Waals surface area contributed by atoms with Gasteiger partial charge in [0, 0.05) is 28.3 Å². The zero-order valence-corrected chi connectivity index (χ0v) is 16.4. The van der Waals surface area contributed by atoms with Crippen LogP contribution < -0.4 is 0 Å². The van der Waals surface area contributed by atoms with Gasteiger partial charge in [0.15, 0.2) is 5.78 Å². The van der Waals surface area contributed by atoms with Crippen molar-refractivity contribution in [2.24, 2.45) is 5.41 Å². The van der Waals surface area contributed by atoms with Crippen molar-refractivity contribution in [3.05, 3.63) is 62.1 Å². The van der Waals surface area contributed by atoms with E-state index in [4.69, 9.17) is 11.6 Å². The molecule has 0 N–H and O–H groups in total. The number of ketones is 1. The molecule has 2 aliphatic carbocycles. The van der Waals surface area contributed by atoms with Crippen LogP contribution in [-0.4, -0.2) is 10.8 Å². The molecule has 0 fully saturated rings. The van der Waals surface area contributed by atoms with Crippen molar-refractivity contribution >= 4 is 28.7 Å². The first-order chi connectivity index (χ1) is 11.9. The van der Waals surface area contributed by atoms with E-state index in [9.17, 15) is 4.79 Å². The second-order valence-corrected chi connectivity index (χ2v) is 9.28. The fourth-order valence-corrected chi connectivity index (χ4v) is 6.07. The highest BCUT2D eigenvalue weighted by Gasteiger charge is 2.50. The van der Waals surface area contributed by atoms with Gasteiger partial charge in [0.05, 0.1) is 16.6 Å². The molecular formula is C21H22ClNOS. The first-order valence-corrected chi connectivity index (χ1v) is 10.1. The molecule has 0 unspecified atom stereocenters. The van der Waals surface area contributed by atoms with Crippen LogP contribution in [0.4, 0.5) is 0 Å². The molecule has 0 saturated carbocycles. The maximum absolute atomic E-state index is 13.3. The number of rotatable bonds is 2. The van der Waals surface area contributed by atoms with Crippen LogP contribution in [0, 0.1) is 5.41 Å². The van der Waals surface area contributed by atoms with Crippen LogP contribution in [0.1, 0.15) is 56.2 Å². The molecule has 25 heavy (non-hydrogen) atoms. The Labute approximate surface area is 157 Å². The molecule has 0 amide bonds. The van der Waals surface area contributed by atoms with E-state index in [1.54, 1.807) is 11.3 Å². The van der Waals surface area contributed by atoms with Gasteiger partial charge in [-0.2, -0.15) is 0 Å². The Bertz CT molecular complexity index is 895. The molecular weight excluding hydrogens is 350 g/mol. The van der Waals surface area contributed by atoms with Gasteiger partial charge >= 0.3 is 0 Å². The lowest BCUT2D eigenvalue weighted by Gasteiger charge is -2.44. The molecule has 1 aromatic heterocycles. The van der Waals surface area contributed by atoms with Crippen LogP contribution in [0.2, 0.25) is 5.02 Å². The standard InChI is InChI=1S/C21H22ClNOS/c1-4-21(14-6-5-7-15(22)9-14)18-13(8-16-19(21)25-12-23-16)10-20(2,3)11-17(18)24/h5-7,9,12H,4,8,10-11H2,1-3H3/t21-/m0/s1. The SMILES string of the molecule is CC[C@]1(c2cccc(Cl)c2)C2=C(Cc3ncsc31)CC(C)(C)CC2=O.